The van der Waals surface area contributed by atoms with Gasteiger partial charge in [0.05, 0.1) is 29.5 Å². The second-order valence-electron chi connectivity index (χ2n) is 7.23. The molecule has 1 aromatic heterocycles. The molecule has 4 aromatic rings. The first-order valence-corrected chi connectivity index (χ1v) is 10.4. The number of carboxylic acid groups (broad SMARTS) is 1. The average molecular weight is 433 g/mol. The van der Waals surface area contributed by atoms with Crippen molar-refractivity contribution >= 4 is 28.6 Å². The summed E-state index contributed by atoms with van der Waals surface area (Å²) in [5.74, 6) is -0.980. The van der Waals surface area contributed by atoms with Crippen molar-refractivity contribution in [3.8, 4) is 11.1 Å². The number of carbonyl (C=O) groups is 1. The first-order valence-electron chi connectivity index (χ1n) is 9.98. The molecule has 1 atom stereocenters. The Labute approximate surface area is 185 Å². The minimum absolute atomic E-state index is 0.101. The SMILES string of the molecule is O=C(O)C(CCc1ccc(-c2ccc(Cl)cc2)cc1)OCc1cnc2ccccc2n1. The monoisotopic (exact) mass is 432 g/mol. The number of para-hydroxylation sites is 2. The maximum Gasteiger partial charge on any atom is 0.332 e. The molecule has 1 unspecified atom stereocenters. The maximum absolute atomic E-state index is 11.6. The Morgan fingerprint density at radius 3 is 2.26 bits per heavy atom. The molecule has 0 amide bonds. The molecule has 31 heavy (non-hydrogen) atoms. The molecule has 3 aromatic carbocycles. The van der Waals surface area contributed by atoms with Crippen molar-refractivity contribution in [3.63, 3.8) is 0 Å². The third-order valence-electron chi connectivity index (χ3n) is 5.03. The summed E-state index contributed by atoms with van der Waals surface area (Å²) in [6, 6.07) is 23.3. The molecule has 6 heteroatoms. The molecule has 0 radical (unpaired) electrons. The maximum atomic E-state index is 11.6. The Morgan fingerprint density at radius 2 is 1.58 bits per heavy atom. The normalized spacial score (nSPS) is 12.0. The highest BCUT2D eigenvalue weighted by atomic mass is 35.5. The highest BCUT2D eigenvalue weighted by Crippen LogP contribution is 2.22. The van der Waals surface area contributed by atoms with Gasteiger partial charge in [0.15, 0.2) is 6.10 Å². The fourth-order valence-electron chi connectivity index (χ4n) is 3.33. The smallest absolute Gasteiger partial charge is 0.332 e. The van der Waals surface area contributed by atoms with Crippen molar-refractivity contribution < 1.29 is 14.6 Å². The lowest BCUT2D eigenvalue weighted by Gasteiger charge is -2.14. The quantitative estimate of drug-likeness (QED) is 0.395. The van der Waals surface area contributed by atoms with Crippen LogP contribution >= 0.6 is 11.6 Å². The Bertz CT molecular complexity index is 1180. The van der Waals surface area contributed by atoms with Gasteiger partial charge in [0.2, 0.25) is 0 Å². The number of fused-ring (bicyclic) bond motifs is 1. The number of aliphatic carboxylic acids is 1. The lowest BCUT2D eigenvalue weighted by Crippen LogP contribution is -2.24. The van der Waals surface area contributed by atoms with E-state index in [-0.39, 0.29) is 6.61 Å². The Hall–Kier alpha value is -3.28. The predicted molar refractivity (Wildman–Crippen MR) is 121 cm³/mol. The lowest BCUT2D eigenvalue weighted by atomic mass is 10.0. The van der Waals surface area contributed by atoms with Gasteiger partial charge in [-0.1, -0.05) is 60.1 Å². The van der Waals surface area contributed by atoms with Gasteiger partial charge in [-0.25, -0.2) is 9.78 Å². The van der Waals surface area contributed by atoms with Gasteiger partial charge in [-0.3, -0.25) is 4.98 Å². The van der Waals surface area contributed by atoms with E-state index < -0.39 is 12.1 Å². The summed E-state index contributed by atoms with van der Waals surface area (Å²) >= 11 is 5.94. The van der Waals surface area contributed by atoms with Crippen molar-refractivity contribution in [3.05, 3.63) is 95.3 Å². The molecular formula is C25H21ClN2O3. The van der Waals surface area contributed by atoms with Gasteiger partial charge < -0.3 is 9.84 Å². The molecule has 1 heterocycles. The van der Waals surface area contributed by atoms with Gasteiger partial charge in [0.1, 0.15) is 0 Å². The van der Waals surface area contributed by atoms with Crippen LogP contribution in [0.5, 0.6) is 0 Å². The third-order valence-corrected chi connectivity index (χ3v) is 5.28. The van der Waals surface area contributed by atoms with Crippen LogP contribution in [-0.2, 0) is 22.6 Å². The number of hydrogen-bond acceptors (Lipinski definition) is 4. The minimum atomic E-state index is -0.980. The molecule has 156 valence electrons. The van der Waals surface area contributed by atoms with Gasteiger partial charge in [-0.15, -0.1) is 0 Å². The zero-order valence-electron chi connectivity index (χ0n) is 16.7. The first-order chi connectivity index (χ1) is 15.1. The molecule has 0 aliphatic heterocycles. The van der Waals surface area contributed by atoms with E-state index in [0.717, 1.165) is 27.7 Å². The Kier molecular flexibility index (Phi) is 6.55. The standard InChI is InChI=1S/C25H21ClN2O3/c26-20-12-10-19(11-13-20)18-8-5-17(6-9-18)7-14-24(25(29)30)31-16-21-15-27-22-3-1-2-4-23(22)28-21/h1-6,8-13,15,24H,7,14,16H2,(H,29,30). The van der Waals surface area contributed by atoms with E-state index >= 15 is 0 Å². The lowest BCUT2D eigenvalue weighted by molar-refractivity contribution is -0.151. The van der Waals surface area contributed by atoms with E-state index in [1.165, 1.54) is 0 Å². The summed E-state index contributed by atoms with van der Waals surface area (Å²) < 4.78 is 5.65. The number of rotatable bonds is 8. The van der Waals surface area contributed by atoms with E-state index in [1.807, 2.05) is 72.8 Å². The van der Waals surface area contributed by atoms with Gasteiger partial charge in [-0.2, -0.15) is 0 Å². The number of benzene rings is 3. The second-order valence-corrected chi connectivity index (χ2v) is 7.67. The van der Waals surface area contributed by atoms with Crippen LogP contribution < -0.4 is 0 Å². The van der Waals surface area contributed by atoms with E-state index in [0.29, 0.717) is 23.6 Å². The van der Waals surface area contributed by atoms with Crippen molar-refractivity contribution in [2.24, 2.45) is 0 Å². The highest BCUT2D eigenvalue weighted by Gasteiger charge is 2.18. The number of nitrogens with zero attached hydrogens (tertiary/aromatic N) is 2. The molecule has 1 N–H and O–H groups in total. The molecular weight excluding hydrogens is 412 g/mol. The number of ether oxygens (including phenoxy) is 1. The van der Waals surface area contributed by atoms with Crippen LogP contribution in [0, 0.1) is 0 Å². The summed E-state index contributed by atoms with van der Waals surface area (Å²) in [5.41, 5.74) is 5.38. The number of hydrogen-bond donors (Lipinski definition) is 1. The van der Waals surface area contributed by atoms with Crippen LogP contribution in [-0.4, -0.2) is 27.1 Å². The number of aromatic nitrogens is 2. The van der Waals surface area contributed by atoms with Crippen molar-refractivity contribution in [1.29, 1.82) is 0 Å². The molecule has 0 aliphatic carbocycles. The van der Waals surface area contributed by atoms with E-state index in [1.54, 1.807) is 6.20 Å². The summed E-state index contributed by atoms with van der Waals surface area (Å²) in [6.07, 6.45) is 1.68. The van der Waals surface area contributed by atoms with Crippen LogP contribution in [0.15, 0.2) is 79.0 Å². The fraction of sp³-hybridized carbons (Fsp3) is 0.160. The molecule has 0 saturated carbocycles. The van der Waals surface area contributed by atoms with Crippen LogP contribution in [0.3, 0.4) is 0 Å². The van der Waals surface area contributed by atoms with E-state index in [4.69, 9.17) is 16.3 Å². The largest absolute Gasteiger partial charge is 0.479 e. The first kappa shape index (κ1) is 21.0. The summed E-state index contributed by atoms with van der Waals surface area (Å²) in [4.78, 5) is 20.5. The van der Waals surface area contributed by atoms with Crippen LogP contribution in [0.4, 0.5) is 0 Å². The molecule has 0 aliphatic rings. The average Bonchev–Trinajstić information content (AvgIpc) is 2.79. The summed E-state index contributed by atoms with van der Waals surface area (Å²) in [7, 11) is 0. The molecule has 0 fully saturated rings. The minimum Gasteiger partial charge on any atom is -0.479 e. The molecule has 0 bridgehead atoms. The second kappa shape index (κ2) is 9.69. The molecule has 4 rings (SSSR count). The Balaban J connectivity index is 1.35. The van der Waals surface area contributed by atoms with Gasteiger partial charge in [0, 0.05) is 5.02 Å². The van der Waals surface area contributed by atoms with Crippen molar-refractivity contribution in [2.75, 3.05) is 0 Å². The van der Waals surface area contributed by atoms with Crippen molar-refractivity contribution in [1.82, 2.24) is 9.97 Å². The van der Waals surface area contributed by atoms with E-state index in [2.05, 4.69) is 9.97 Å². The third kappa shape index (κ3) is 5.45. The summed E-state index contributed by atoms with van der Waals surface area (Å²) in [5, 5.41) is 10.2. The highest BCUT2D eigenvalue weighted by molar-refractivity contribution is 6.30. The van der Waals surface area contributed by atoms with Crippen LogP contribution in [0.2, 0.25) is 5.02 Å². The van der Waals surface area contributed by atoms with Crippen LogP contribution in [0.1, 0.15) is 17.7 Å². The fourth-order valence-corrected chi connectivity index (χ4v) is 3.46. The topological polar surface area (TPSA) is 72.3 Å². The van der Waals surface area contributed by atoms with Crippen molar-refractivity contribution in [2.45, 2.75) is 25.6 Å². The molecule has 5 nitrogen and oxygen atoms in total. The molecule has 0 saturated heterocycles. The predicted octanol–water partition coefficient (Wildman–Crippen LogP) is 5.55. The zero-order valence-corrected chi connectivity index (χ0v) is 17.5. The van der Waals surface area contributed by atoms with Crippen LogP contribution in [0.25, 0.3) is 22.2 Å². The zero-order chi connectivity index (χ0) is 21.6. The Morgan fingerprint density at radius 1 is 0.935 bits per heavy atom. The van der Waals surface area contributed by atoms with Gasteiger partial charge in [0.25, 0.3) is 0 Å². The van der Waals surface area contributed by atoms with Gasteiger partial charge in [-0.05, 0) is 53.8 Å². The molecule has 0 spiro atoms. The summed E-state index contributed by atoms with van der Waals surface area (Å²) in [6.45, 7) is 0.101. The number of carboxylic acids is 1. The number of aryl methyl sites for hydroxylation is 1. The van der Waals surface area contributed by atoms with E-state index in [9.17, 15) is 9.90 Å². The van der Waals surface area contributed by atoms with Gasteiger partial charge >= 0.3 is 5.97 Å². The number of halogens is 1.